The zero-order valence-electron chi connectivity index (χ0n) is 16.6. The van der Waals surface area contributed by atoms with E-state index in [2.05, 4.69) is 12.1 Å². The number of benzene rings is 3. The number of aliphatic hydroxyl groups is 1. The average Bonchev–Trinajstić information content (AvgIpc) is 2.98. The van der Waals surface area contributed by atoms with Gasteiger partial charge in [0, 0.05) is 17.2 Å². The van der Waals surface area contributed by atoms with Crippen LogP contribution in [-0.2, 0) is 18.6 Å². The van der Waals surface area contributed by atoms with Crippen molar-refractivity contribution in [3.05, 3.63) is 102 Å². The van der Waals surface area contributed by atoms with Gasteiger partial charge in [-0.25, -0.2) is 4.79 Å². The summed E-state index contributed by atoms with van der Waals surface area (Å²) in [5, 5.41) is 11.6. The van der Waals surface area contributed by atoms with Gasteiger partial charge in [0.05, 0.1) is 6.54 Å². The number of carbonyl (C=O) groups is 1. The van der Waals surface area contributed by atoms with Crippen LogP contribution in [-0.4, -0.2) is 32.9 Å². The first kappa shape index (κ1) is 19.2. The molecule has 5 rings (SSSR count). The molecule has 2 heterocycles. The maximum Gasteiger partial charge on any atom is 0.323 e. The molecule has 4 nitrogen and oxygen atoms in total. The van der Waals surface area contributed by atoms with E-state index in [9.17, 15) is 9.90 Å². The van der Waals surface area contributed by atoms with Gasteiger partial charge in [-0.2, -0.15) is 0 Å². The molecule has 0 saturated carbocycles. The highest BCUT2D eigenvalue weighted by Gasteiger charge is 2.59. The molecule has 0 bridgehead atoms. The number of aliphatic hydroxyl groups excluding tert-OH is 1. The Kier molecular flexibility index (Phi) is 5.01. The van der Waals surface area contributed by atoms with Gasteiger partial charge in [-0.05, 0) is 29.2 Å². The van der Waals surface area contributed by atoms with Crippen LogP contribution >= 0.6 is 11.8 Å². The Balaban J connectivity index is 1.60. The summed E-state index contributed by atoms with van der Waals surface area (Å²) in [5.74, 6) is 0.867. The summed E-state index contributed by atoms with van der Waals surface area (Å²) in [6, 6.07) is 28.0. The van der Waals surface area contributed by atoms with Crippen molar-refractivity contribution in [2.24, 2.45) is 0 Å². The quantitative estimate of drug-likeness (QED) is 0.662. The summed E-state index contributed by atoms with van der Waals surface area (Å²) in [7, 11) is 0. The molecular formula is C25H24N2O2S. The molecule has 2 unspecified atom stereocenters. The molecule has 2 aliphatic heterocycles. The van der Waals surface area contributed by atoms with Crippen LogP contribution in [0.25, 0.3) is 0 Å². The summed E-state index contributed by atoms with van der Waals surface area (Å²) in [5.41, 5.74) is 2.38. The third kappa shape index (κ3) is 3.09. The van der Waals surface area contributed by atoms with Gasteiger partial charge < -0.3 is 10.0 Å². The van der Waals surface area contributed by atoms with E-state index >= 15 is 0 Å². The normalized spacial score (nSPS) is 23.1. The van der Waals surface area contributed by atoms with Crippen molar-refractivity contribution in [3.8, 4) is 0 Å². The molecule has 3 aromatic rings. The van der Waals surface area contributed by atoms with Gasteiger partial charge in [0.25, 0.3) is 0 Å². The Labute approximate surface area is 181 Å². The molecule has 2 atom stereocenters. The number of hydrogen-bond donors (Lipinski definition) is 1. The van der Waals surface area contributed by atoms with Gasteiger partial charge in [0.1, 0.15) is 5.54 Å². The molecule has 0 radical (unpaired) electrons. The van der Waals surface area contributed by atoms with Crippen LogP contribution in [0.1, 0.15) is 23.1 Å². The van der Waals surface area contributed by atoms with E-state index < -0.39 is 11.8 Å². The van der Waals surface area contributed by atoms with E-state index in [0.717, 1.165) is 33.8 Å². The Morgan fingerprint density at radius 1 is 0.867 bits per heavy atom. The Morgan fingerprint density at radius 2 is 1.47 bits per heavy atom. The summed E-state index contributed by atoms with van der Waals surface area (Å²) in [6.07, 6.45) is -0.185. The molecule has 0 aromatic heterocycles. The number of nitrogens with zero attached hydrogens (tertiary/aromatic N) is 2. The number of thioether (sulfide) groups is 1. The summed E-state index contributed by atoms with van der Waals surface area (Å²) < 4.78 is 0. The average molecular weight is 417 g/mol. The molecule has 1 saturated heterocycles. The first-order valence-corrected chi connectivity index (χ1v) is 11.3. The molecule has 0 aliphatic carbocycles. The van der Waals surface area contributed by atoms with Gasteiger partial charge in [-0.3, -0.25) is 4.90 Å². The van der Waals surface area contributed by atoms with Crippen molar-refractivity contribution >= 4 is 17.8 Å². The van der Waals surface area contributed by atoms with E-state index in [1.54, 1.807) is 16.7 Å². The largest absolute Gasteiger partial charge is 0.371 e. The molecule has 3 aromatic carbocycles. The van der Waals surface area contributed by atoms with Gasteiger partial charge >= 0.3 is 6.03 Å². The molecule has 2 amide bonds. The maximum atomic E-state index is 13.7. The molecule has 30 heavy (non-hydrogen) atoms. The van der Waals surface area contributed by atoms with Crippen LogP contribution in [0.3, 0.4) is 0 Å². The minimum Gasteiger partial charge on any atom is -0.371 e. The second-order valence-corrected chi connectivity index (χ2v) is 9.00. The lowest BCUT2D eigenvalue weighted by atomic mass is 9.83. The van der Waals surface area contributed by atoms with E-state index in [1.165, 1.54) is 0 Å². The number of amides is 2. The third-order valence-corrected chi connectivity index (χ3v) is 7.23. The Hall–Kier alpha value is -2.76. The van der Waals surface area contributed by atoms with Crippen molar-refractivity contribution in [3.63, 3.8) is 0 Å². The number of carbonyl (C=O) groups excluding carboxylic acids is 1. The zero-order chi connectivity index (χ0) is 20.6. The second kappa shape index (κ2) is 7.82. The van der Waals surface area contributed by atoms with E-state index in [4.69, 9.17) is 0 Å². The van der Waals surface area contributed by atoms with E-state index in [-0.39, 0.29) is 6.03 Å². The topological polar surface area (TPSA) is 43.8 Å². The van der Waals surface area contributed by atoms with Crippen LogP contribution in [0.2, 0.25) is 0 Å². The first-order chi connectivity index (χ1) is 14.7. The second-order valence-electron chi connectivity index (χ2n) is 7.86. The van der Waals surface area contributed by atoms with Gasteiger partial charge in [-0.15, -0.1) is 11.8 Å². The predicted molar refractivity (Wildman–Crippen MR) is 119 cm³/mol. The summed E-state index contributed by atoms with van der Waals surface area (Å²) >= 11 is 1.80. The molecule has 1 fully saturated rings. The van der Waals surface area contributed by atoms with Crippen molar-refractivity contribution in [1.82, 2.24) is 9.80 Å². The van der Waals surface area contributed by atoms with Crippen LogP contribution in [0, 0.1) is 0 Å². The summed E-state index contributed by atoms with van der Waals surface area (Å²) in [4.78, 5) is 18.4. The lowest BCUT2D eigenvalue weighted by Gasteiger charge is -2.43. The van der Waals surface area contributed by atoms with Crippen LogP contribution in [0.15, 0.2) is 89.8 Å². The molecule has 152 valence electrons. The van der Waals surface area contributed by atoms with Crippen molar-refractivity contribution < 1.29 is 9.90 Å². The maximum absolute atomic E-state index is 13.7. The fraction of sp³-hybridized carbons (Fsp3) is 0.240. The fourth-order valence-electron chi connectivity index (χ4n) is 4.69. The highest BCUT2D eigenvalue weighted by molar-refractivity contribution is 7.99. The highest BCUT2D eigenvalue weighted by Crippen LogP contribution is 2.51. The molecule has 2 aliphatic rings. The molecular weight excluding hydrogens is 392 g/mol. The van der Waals surface area contributed by atoms with E-state index in [0.29, 0.717) is 13.1 Å². The number of hydrogen-bond acceptors (Lipinski definition) is 3. The van der Waals surface area contributed by atoms with Crippen molar-refractivity contribution in [1.29, 1.82) is 0 Å². The Bertz CT molecular complexity index is 1040. The third-order valence-electron chi connectivity index (χ3n) is 6.15. The minimum atomic E-state index is -0.907. The van der Waals surface area contributed by atoms with Crippen molar-refractivity contribution in [2.75, 3.05) is 5.75 Å². The van der Waals surface area contributed by atoms with Gasteiger partial charge in [0.2, 0.25) is 0 Å². The van der Waals surface area contributed by atoms with Crippen LogP contribution in [0.4, 0.5) is 4.79 Å². The van der Waals surface area contributed by atoms with Crippen LogP contribution in [0.5, 0.6) is 0 Å². The van der Waals surface area contributed by atoms with Crippen molar-refractivity contribution in [2.45, 2.75) is 36.2 Å². The number of rotatable bonds is 4. The SMILES string of the molecule is O=C1N(Cc2ccccc2)C(O)C2(CCSc3ccccc32)N1Cc1ccccc1. The van der Waals surface area contributed by atoms with Gasteiger partial charge in [0.15, 0.2) is 6.23 Å². The molecule has 1 N–H and O–H groups in total. The fourth-order valence-corrected chi connectivity index (χ4v) is 5.89. The minimum absolute atomic E-state index is 0.114. The molecule has 5 heteroatoms. The van der Waals surface area contributed by atoms with E-state index in [1.807, 2.05) is 77.7 Å². The molecule has 1 spiro atoms. The first-order valence-electron chi connectivity index (χ1n) is 10.3. The monoisotopic (exact) mass is 416 g/mol. The Morgan fingerprint density at radius 3 is 2.17 bits per heavy atom. The zero-order valence-corrected chi connectivity index (χ0v) is 17.5. The number of urea groups is 1. The summed E-state index contributed by atoms with van der Waals surface area (Å²) in [6.45, 7) is 0.865. The standard InChI is InChI=1S/C25H24N2O2S/c28-23-25(15-16-30-22-14-8-7-13-21(22)25)27(18-20-11-5-2-6-12-20)24(29)26(23)17-19-9-3-1-4-10-19/h1-14,23,28H,15-18H2. The smallest absolute Gasteiger partial charge is 0.323 e. The lowest BCUT2D eigenvalue weighted by molar-refractivity contribution is -0.0351. The lowest BCUT2D eigenvalue weighted by Crippen LogP contribution is -2.50. The highest BCUT2D eigenvalue weighted by atomic mass is 32.2. The van der Waals surface area contributed by atoms with Crippen LogP contribution < -0.4 is 0 Å². The predicted octanol–water partition coefficient (Wildman–Crippen LogP) is 4.83. The number of fused-ring (bicyclic) bond motifs is 2. The van der Waals surface area contributed by atoms with Gasteiger partial charge in [-0.1, -0.05) is 78.9 Å².